The van der Waals surface area contributed by atoms with E-state index in [4.69, 9.17) is 18.9 Å². The van der Waals surface area contributed by atoms with Gasteiger partial charge in [-0.1, -0.05) is 62.4 Å². The van der Waals surface area contributed by atoms with Crippen LogP contribution in [0.5, 0.6) is 0 Å². The Hall–Kier alpha value is -5.67. The summed E-state index contributed by atoms with van der Waals surface area (Å²) in [5, 5.41) is 5.36. The third kappa shape index (κ3) is 8.05. The summed E-state index contributed by atoms with van der Waals surface area (Å²) >= 11 is 0. The Labute approximate surface area is 338 Å². The molecule has 2 aromatic heterocycles. The Kier molecular flexibility index (Phi) is 12.2. The Bertz CT molecular complexity index is 2110. The van der Waals surface area contributed by atoms with E-state index in [1.807, 2.05) is 23.6 Å². The summed E-state index contributed by atoms with van der Waals surface area (Å²) in [5.74, 6) is 0.254. The summed E-state index contributed by atoms with van der Waals surface area (Å²) in [6.45, 7) is 7.65. The first-order valence-corrected chi connectivity index (χ1v) is 19.9. The highest BCUT2D eigenvalue weighted by molar-refractivity contribution is 5.87. The van der Waals surface area contributed by atoms with Gasteiger partial charge in [-0.3, -0.25) is 9.59 Å². The van der Waals surface area contributed by atoms with E-state index in [0.29, 0.717) is 26.3 Å². The van der Waals surface area contributed by atoms with E-state index in [1.165, 1.54) is 21.3 Å². The fourth-order valence-electron chi connectivity index (χ4n) is 8.44. The molecule has 4 amide bonds. The quantitative estimate of drug-likeness (QED) is 0.129. The highest BCUT2D eigenvalue weighted by Gasteiger charge is 2.41. The number of ether oxygens (including phenoxy) is 4. The van der Waals surface area contributed by atoms with Crippen molar-refractivity contribution >= 4 is 24.0 Å². The van der Waals surface area contributed by atoms with Gasteiger partial charge in [-0.05, 0) is 60.8 Å². The Morgan fingerprint density at radius 3 is 1.86 bits per heavy atom. The number of carbonyl (C=O) groups excluding carboxylic acids is 4. The normalized spacial score (nSPS) is 19.2. The molecule has 58 heavy (non-hydrogen) atoms. The minimum Gasteiger partial charge on any atom is -0.453 e. The first-order valence-electron chi connectivity index (χ1n) is 19.9. The van der Waals surface area contributed by atoms with Crippen molar-refractivity contribution in [3.8, 4) is 33.6 Å². The largest absolute Gasteiger partial charge is 0.453 e. The molecule has 15 nitrogen and oxygen atoms in total. The van der Waals surface area contributed by atoms with Crippen molar-refractivity contribution in [1.29, 1.82) is 0 Å². The van der Waals surface area contributed by atoms with Gasteiger partial charge in [0.25, 0.3) is 0 Å². The molecule has 2 saturated heterocycles. The van der Waals surface area contributed by atoms with Gasteiger partial charge >= 0.3 is 12.2 Å². The molecule has 4 aromatic rings. The summed E-state index contributed by atoms with van der Waals surface area (Å²) in [5.41, 5.74) is 9.10. The van der Waals surface area contributed by atoms with Gasteiger partial charge in [-0.2, -0.15) is 0 Å². The molecule has 5 heterocycles. The summed E-state index contributed by atoms with van der Waals surface area (Å²) in [7, 11) is 4.07. The zero-order chi connectivity index (χ0) is 41.1. The molecule has 15 heteroatoms. The van der Waals surface area contributed by atoms with Crippen molar-refractivity contribution in [3.63, 3.8) is 0 Å². The second-order valence-corrected chi connectivity index (χ2v) is 15.5. The third-order valence-electron chi connectivity index (χ3n) is 11.7. The number of nitrogens with zero attached hydrogens (tertiary/aromatic N) is 3. The van der Waals surface area contributed by atoms with E-state index < -0.39 is 30.4 Å². The fraction of sp³-hybridized carbons (Fsp3) is 0.465. The number of hydrogen-bond acceptors (Lipinski definition) is 9. The van der Waals surface area contributed by atoms with Gasteiger partial charge in [0.1, 0.15) is 17.9 Å². The van der Waals surface area contributed by atoms with Gasteiger partial charge in [0, 0.05) is 37.0 Å². The third-order valence-corrected chi connectivity index (χ3v) is 11.7. The lowest BCUT2D eigenvalue weighted by atomic mass is 9.99. The molecule has 0 aliphatic carbocycles. The summed E-state index contributed by atoms with van der Waals surface area (Å²) in [6, 6.07) is 14.7. The first kappa shape index (κ1) is 40.5. The van der Waals surface area contributed by atoms with Crippen LogP contribution in [0.3, 0.4) is 0 Å². The molecular weight excluding hydrogens is 743 g/mol. The average Bonchev–Trinajstić information content (AvgIpc) is 4.10. The molecule has 2 aromatic carbocycles. The number of carbonyl (C=O) groups is 4. The molecular formula is C43H53N7O8. The van der Waals surface area contributed by atoms with Crippen LogP contribution in [0.25, 0.3) is 33.6 Å². The van der Waals surface area contributed by atoms with E-state index in [9.17, 15) is 19.2 Å². The van der Waals surface area contributed by atoms with Crippen LogP contribution in [-0.2, 0) is 41.8 Å². The number of fused-ring (bicyclic) bond motifs is 1. The number of hydrogen-bond donors (Lipinski definition) is 4. The van der Waals surface area contributed by atoms with E-state index >= 15 is 0 Å². The predicted octanol–water partition coefficient (Wildman–Crippen LogP) is 6.24. The van der Waals surface area contributed by atoms with Crippen LogP contribution in [-0.4, -0.2) is 101 Å². The number of imidazole rings is 1. The van der Waals surface area contributed by atoms with Crippen LogP contribution in [0.4, 0.5) is 9.59 Å². The van der Waals surface area contributed by atoms with E-state index in [-0.39, 0.29) is 29.8 Å². The maximum Gasteiger partial charge on any atom is 0.407 e. The second-order valence-electron chi connectivity index (χ2n) is 15.5. The zero-order valence-corrected chi connectivity index (χ0v) is 33.9. The molecule has 7 rings (SSSR count). The number of amides is 4. The molecule has 0 spiro atoms. The lowest BCUT2D eigenvalue weighted by Gasteiger charge is -2.31. The predicted molar refractivity (Wildman–Crippen MR) is 215 cm³/mol. The summed E-state index contributed by atoms with van der Waals surface area (Å²) < 4.78 is 21.0. The molecule has 2 fully saturated rings. The van der Waals surface area contributed by atoms with E-state index in [1.54, 1.807) is 13.1 Å². The van der Waals surface area contributed by atoms with Crippen molar-refractivity contribution in [2.24, 2.45) is 5.92 Å². The molecule has 4 N–H and O–H groups in total. The topological polar surface area (TPSA) is 180 Å². The lowest BCUT2D eigenvalue weighted by Crippen LogP contribution is -2.54. The summed E-state index contributed by atoms with van der Waals surface area (Å²) in [6.07, 6.45) is 3.18. The molecule has 0 unspecified atom stereocenters. The van der Waals surface area contributed by atoms with Gasteiger partial charge in [0.2, 0.25) is 11.8 Å². The van der Waals surface area contributed by atoms with Crippen molar-refractivity contribution in [2.75, 3.05) is 34.4 Å². The number of methoxy groups -OCH3 is 3. The first-order chi connectivity index (χ1) is 28.0. The zero-order valence-electron chi connectivity index (χ0n) is 33.9. The molecule has 3 aliphatic heterocycles. The maximum absolute atomic E-state index is 13.9. The van der Waals surface area contributed by atoms with Crippen molar-refractivity contribution < 1.29 is 38.1 Å². The van der Waals surface area contributed by atoms with Crippen LogP contribution in [0.15, 0.2) is 54.7 Å². The molecule has 3 aliphatic rings. The van der Waals surface area contributed by atoms with Crippen molar-refractivity contribution in [2.45, 2.75) is 89.9 Å². The monoisotopic (exact) mass is 795 g/mol. The number of H-pyrrole nitrogens is 2. The van der Waals surface area contributed by atoms with Gasteiger partial charge < -0.3 is 49.3 Å². The molecule has 0 bridgehead atoms. The standard InChI is InChI=1S/C43H53N7O8/c1-24(2)35(47-42(53)56-5)40(51)50-20-8-10-34(50)39-44-21-32(45-39)28-15-11-26(12-16-28)27-13-17-29(18-14-27)37-30-22-58-23-31(30)38(46-37)33-9-7-19-49(33)41(52)36(25(3)55-4)48-43(54)57-6/h11-18,21,24-25,33-36,46H,7-10,19-20,22-23H2,1-6H3,(H,44,45)(H,47,53)(H,48,54)/t25-,33+,34+,35+,36+/m1/s1. The number of aromatic amines is 2. The highest BCUT2D eigenvalue weighted by Crippen LogP contribution is 2.42. The van der Waals surface area contributed by atoms with Crippen LogP contribution < -0.4 is 10.6 Å². The lowest BCUT2D eigenvalue weighted by molar-refractivity contribution is -0.137. The smallest absolute Gasteiger partial charge is 0.407 e. The molecule has 308 valence electrons. The van der Waals surface area contributed by atoms with Gasteiger partial charge in [-0.25, -0.2) is 14.6 Å². The molecule has 5 atom stereocenters. The van der Waals surface area contributed by atoms with E-state index in [0.717, 1.165) is 82.0 Å². The van der Waals surface area contributed by atoms with Crippen LogP contribution in [0.2, 0.25) is 0 Å². The number of likely N-dealkylation sites (tertiary alicyclic amines) is 2. The van der Waals surface area contributed by atoms with Gasteiger partial charge in [0.05, 0.1) is 63.2 Å². The highest BCUT2D eigenvalue weighted by atomic mass is 16.5. The van der Waals surface area contributed by atoms with Crippen molar-refractivity contribution in [3.05, 3.63) is 77.4 Å². The van der Waals surface area contributed by atoms with Crippen LogP contribution in [0.1, 0.15) is 81.2 Å². The Morgan fingerprint density at radius 1 is 0.724 bits per heavy atom. The maximum atomic E-state index is 13.9. The second kappa shape index (κ2) is 17.4. The summed E-state index contributed by atoms with van der Waals surface area (Å²) in [4.78, 5) is 67.0. The average molecular weight is 796 g/mol. The minimum atomic E-state index is -0.891. The minimum absolute atomic E-state index is 0.109. The Balaban J connectivity index is 1.05. The van der Waals surface area contributed by atoms with Gasteiger partial charge in [0.15, 0.2) is 0 Å². The SMILES string of the molecule is COC(=O)N[C@H](C(=O)N1CCC[C@H]1c1ncc(-c2ccc(-c3ccc(-c4[nH]c([C@@H]5CCCN5C(=O)[C@@H](NC(=O)OC)[C@@H](C)OC)c5c4COC5)cc3)cc2)[nH]1)C(C)C. The van der Waals surface area contributed by atoms with E-state index in [2.05, 4.69) is 74.1 Å². The number of nitrogens with one attached hydrogen (secondary N) is 4. The number of rotatable bonds is 12. The Morgan fingerprint density at radius 2 is 1.26 bits per heavy atom. The number of aromatic nitrogens is 3. The molecule has 0 saturated carbocycles. The fourth-order valence-corrected chi connectivity index (χ4v) is 8.44. The van der Waals surface area contributed by atoms with Gasteiger partial charge in [-0.15, -0.1) is 0 Å². The number of benzene rings is 2. The van der Waals surface area contributed by atoms with Crippen LogP contribution in [0, 0.1) is 5.92 Å². The van der Waals surface area contributed by atoms with Crippen molar-refractivity contribution in [1.82, 2.24) is 35.4 Å². The number of alkyl carbamates (subject to hydrolysis) is 2. The van der Waals surface area contributed by atoms with Crippen LogP contribution >= 0.6 is 0 Å². The molecule has 0 radical (unpaired) electrons.